The lowest BCUT2D eigenvalue weighted by molar-refractivity contribution is -0.149. The van der Waals surface area contributed by atoms with Gasteiger partial charge in [0.05, 0.1) is 0 Å². The van der Waals surface area contributed by atoms with Gasteiger partial charge < -0.3 is 10.1 Å². The van der Waals surface area contributed by atoms with E-state index in [1.165, 1.54) is 6.92 Å². The van der Waals surface area contributed by atoms with Crippen LogP contribution in [0.4, 0.5) is 4.79 Å². The monoisotopic (exact) mass is 422 g/mol. The maximum Gasteiger partial charge on any atom is 0.326 e. The van der Waals surface area contributed by atoms with Crippen LogP contribution in [0.5, 0.6) is 0 Å². The Morgan fingerprint density at radius 3 is 2.26 bits per heavy atom. The number of hydrogen-bond acceptors (Lipinski definition) is 5. The molecule has 3 rings (SSSR count). The second kappa shape index (κ2) is 8.71. The van der Waals surface area contributed by atoms with Gasteiger partial charge in [0.15, 0.2) is 6.10 Å². The second-order valence-electron chi connectivity index (χ2n) is 7.86. The van der Waals surface area contributed by atoms with Gasteiger partial charge in [0.1, 0.15) is 12.1 Å². The van der Waals surface area contributed by atoms with Crippen LogP contribution in [0, 0.1) is 6.92 Å². The molecule has 1 fully saturated rings. The van der Waals surface area contributed by atoms with Crippen molar-refractivity contribution in [3.8, 4) is 0 Å². The molecule has 1 N–H and O–H groups in total. The van der Waals surface area contributed by atoms with Crippen LogP contribution >= 0.6 is 0 Å². The third-order valence-electron chi connectivity index (χ3n) is 5.52. The number of esters is 1. The molecule has 0 saturated carbocycles. The van der Waals surface area contributed by atoms with Crippen LogP contribution in [0.1, 0.15) is 47.8 Å². The van der Waals surface area contributed by atoms with Crippen LogP contribution in [0.15, 0.2) is 48.5 Å². The molecule has 0 aromatic heterocycles. The molecule has 0 radical (unpaired) electrons. The van der Waals surface area contributed by atoms with E-state index in [2.05, 4.69) is 5.32 Å². The van der Waals surface area contributed by atoms with Crippen molar-refractivity contribution in [3.05, 3.63) is 70.8 Å². The minimum absolute atomic E-state index is 0.349. The maximum atomic E-state index is 12.9. The number of amides is 3. The molecule has 1 aliphatic heterocycles. The first kappa shape index (κ1) is 22.2. The first-order chi connectivity index (χ1) is 14.7. The number of nitrogens with one attached hydrogen (secondary N) is 1. The standard InChI is InChI=1S/C24H26N2O5/c1-5-17-8-10-18(11-9-17)21(28)16(3)31-20(27)14-26-22(29)24(4,25-23(26)30)19-12-6-15(2)7-13-19/h6-13,16H,5,14H2,1-4H3,(H,25,30)/t16-,24-/m0/s1. The Morgan fingerprint density at radius 1 is 1.06 bits per heavy atom. The Kier molecular flexibility index (Phi) is 6.24. The van der Waals surface area contributed by atoms with E-state index in [1.807, 2.05) is 38.1 Å². The number of rotatable bonds is 7. The lowest BCUT2D eigenvalue weighted by Gasteiger charge is -2.22. The first-order valence-corrected chi connectivity index (χ1v) is 10.2. The highest BCUT2D eigenvalue weighted by atomic mass is 16.5. The fourth-order valence-electron chi connectivity index (χ4n) is 3.48. The molecule has 31 heavy (non-hydrogen) atoms. The van der Waals surface area contributed by atoms with Gasteiger partial charge in [-0.15, -0.1) is 0 Å². The van der Waals surface area contributed by atoms with Gasteiger partial charge in [-0.1, -0.05) is 61.0 Å². The summed E-state index contributed by atoms with van der Waals surface area (Å²) in [4.78, 5) is 51.0. The smallest absolute Gasteiger partial charge is 0.326 e. The normalized spacial score (nSPS) is 19.2. The fraction of sp³-hybridized carbons (Fsp3) is 0.333. The molecule has 1 saturated heterocycles. The van der Waals surface area contributed by atoms with Crippen molar-refractivity contribution in [2.75, 3.05) is 6.54 Å². The summed E-state index contributed by atoms with van der Waals surface area (Å²) in [5, 5.41) is 2.65. The molecule has 2 aromatic rings. The molecule has 162 valence electrons. The highest BCUT2D eigenvalue weighted by Crippen LogP contribution is 2.29. The molecule has 2 aromatic carbocycles. The Bertz CT molecular complexity index is 1010. The number of hydrogen-bond donors (Lipinski definition) is 1. The summed E-state index contributed by atoms with van der Waals surface area (Å²) >= 11 is 0. The molecule has 0 aliphatic carbocycles. The molecule has 7 nitrogen and oxygen atoms in total. The van der Waals surface area contributed by atoms with Crippen molar-refractivity contribution < 1.29 is 23.9 Å². The van der Waals surface area contributed by atoms with Crippen LogP contribution < -0.4 is 5.32 Å². The van der Waals surface area contributed by atoms with Gasteiger partial charge in [0.2, 0.25) is 5.78 Å². The maximum absolute atomic E-state index is 12.9. The molecule has 1 aliphatic rings. The van der Waals surface area contributed by atoms with Crippen molar-refractivity contribution in [1.82, 2.24) is 10.2 Å². The van der Waals surface area contributed by atoms with Gasteiger partial charge in [-0.3, -0.25) is 19.3 Å². The average Bonchev–Trinajstić information content (AvgIpc) is 2.97. The quantitative estimate of drug-likeness (QED) is 0.420. The summed E-state index contributed by atoms with van der Waals surface area (Å²) in [7, 11) is 0. The lowest BCUT2D eigenvalue weighted by atomic mass is 9.91. The molecular formula is C24H26N2O5. The predicted molar refractivity (Wildman–Crippen MR) is 114 cm³/mol. The zero-order chi connectivity index (χ0) is 22.8. The van der Waals surface area contributed by atoms with Gasteiger partial charge >= 0.3 is 12.0 Å². The lowest BCUT2D eigenvalue weighted by Crippen LogP contribution is -2.42. The topological polar surface area (TPSA) is 92.8 Å². The van der Waals surface area contributed by atoms with Crippen molar-refractivity contribution in [2.24, 2.45) is 0 Å². The SMILES string of the molecule is CCc1ccc(C(=O)[C@H](C)OC(=O)CN2C(=O)N[C@@](C)(c3ccc(C)cc3)C2=O)cc1. The van der Waals surface area contributed by atoms with E-state index in [-0.39, 0.29) is 5.78 Å². The van der Waals surface area contributed by atoms with Crippen molar-refractivity contribution in [2.45, 2.75) is 45.8 Å². The molecule has 7 heteroatoms. The number of imide groups is 1. The summed E-state index contributed by atoms with van der Waals surface area (Å²) in [5.74, 6) is -1.73. The second-order valence-corrected chi connectivity index (χ2v) is 7.86. The number of urea groups is 1. The number of carbonyl (C=O) groups is 4. The highest BCUT2D eigenvalue weighted by Gasteiger charge is 2.49. The number of ether oxygens (including phenoxy) is 1. The van der Waals surface area contributed by atoms with Crippen LogP contribution in [-0.2, 0) is 26.3 Å². The molecule has 0 spiro atoms. The number of nitrogens with zero attached hydrogens (tertiary/aromatic N) is 1. The predicted octanol–water partition coefficient (Wildman–Crippen LogP) is 3.14. The van der Waals surface area contributed by atoms with E-state index >= 15 is 0 Å². The average molecular weight is 422 g/mol. The van der Waals surface area contributed by atoms with Gasteiger partial charge in [-0.05, 0) is 38.3 Å². The molecule has 2 atom stereocenters. The summed E-state index contributed by atoms with van der Waals surface area (Å²) in [6, 6.07) is 13.6. The molecular weight excluding hydrogens is 396 g/mol. The minimum Gasteiger partial charge on any atom is -0.453 e. The Morgan fingerprint density at radius 2 is 1.68 bits per heavy atom. The third kappa shape index (κ3) is 4.50. The Labute approximate surface area is 181 Å². The molecule has 3 amide bonds. The number of Topliss-reactive ketones (excluding diaryl/α,β-unsaturated/α-hetero) is 1. The summed E-state index contributed by atoms with van der Waals surface area (Å²) in [6.45, 7) is 6.43. The Balaban J connectivity index is 1.65. The van der Waals surface area contributed by atoms with Crippen molar-refractivity contribution in [1.29, 1.82) is 0 Å². The van der Waals surface area contributed by atoms with Crippen LogP contribution in [-0.4, -0.2) is 41.2 Å². The van der Waals surface area contributed by atoms with Crippen molar-refractivity contribution in [3.63, 3.8) is 0 Å². The minimum atomic E-state index is -1.27. The number of aryl methyl sites for hydroxylation is 2. The number of ketones is 1. The third-order valence-corrected chi connectivity index (χ3v) is 5.52. The van der Waals surface area contributed by atoms with Gasteiger partial charge in [0, 0.05) is 5.56 Å². The zero-order valence-electron chi connectivity index (χ0n) is 18.1. The van der Waals surface area contributed by atoms with Crippen molar-refractivity contribution >= 4 is 23.7 Å². The first-order valence-electron chi connectivity index (χ1n) is 10.2. The molecule has 1 heterocycles. The highest BCUT2D eigenvalue weighted by molar-refractivity contribution is 6.09. The molecule has 0 bridgehead atoms. The van der Waals surface area contributed by atoms with Crippen LogP contribution in [0.25, 0.3) is 0 Å². The van der Waals surface area contributed by atoms with Crippen LogP contribution in [0.3, 0.4) is 0 Å². The Hall–Kier alpha value is -3.48. The summed E-state index contributed by atoms with van der Waals surface area (Å²) in [5.41, 5.74) is 1.89. The fourth-order valence-corrected chi connectivity index (χ4v) is 3.48. The van der Waals surface area contributed by atoms with E-state index in [0.29, 0.717) is 11.1 Å². The number of carbonyl (C=O) groups excluding carboxylic acids is 4. The summed E-state index contributed by atoms with van der Waals surface area (Å²) in [6.07, 6.45) is -0.184. The van der Waals surface area contributed by atoms with E-state index < -0.39 is 36.1 Å². The van der Waals surface area contributed by atoms with Gasteiger partial charge in [0.25, 0.3) is 5.91 Å². The van der Waals surface area contributed by atoms with Gasteiger partial charge in [-0.2, -0.15) is 0 Å². The van der Waals surface area contributed by atoms with Crippen LogP contribution in [0.2, 0.25) is 0 Å². The van der Waals surface area contributed by atoms with E-state index in [4.69, 9.17) is 4.74 Å². The summed E-state index contributed by atoms with van der Waals surface area (Å²) < 4.78 is 5.21. The largest absolute Gasteiger partial charge is 0.453 e. The van der Waals surface area contributed by atoms with Gasteiger partial charge in [-0.25, -0.2) is 4.79 Å². The zero-order valence-corrected chi connectivity index (χ0v) is 18.1. The number of benzene rings is 2. The van der Waals surface area contributed by atoms with E-state index in [1.54, 1.807) is 31.2 Å². The molecule has 0 unspecified atom stereocenters. The van der Waals surface area contributed by atoms with E-state index in [9.17, 15) is 19.2 Å². The van der Waals surface area contributed by atoms with E-state index in [0.717, 1.165) is 22.4 Å².